The third kappa shape index (κ3) is 2.00. The summed E-state index contributed by atoms with van der Waals surface area (Å²) in [7, 11) is 0. The van der Waals surface area contributed by atoms with E-state index >= 15 is 0 Å². The van der Waals surface area contributed by atoms with Gasteiger partial charge in [-0.25, -0.2) is 0 Å². The fourth-order valence-electron chi connectivity index (χ4n) is 2.10. The van der Waals surface area contributed by atoms with E-state index in [2.05, 4.69) is 75.4 Å². The van der Waals surface area contributed by atoms with Crippen LogP contribution in [-0.2, 0) is 0 Å². The molecule has 0 atom stereocenters. The normalized spacial score (nSPS) is 10.5. The number of hydrogen-bond donors (Lipinski definition) is 0. The monoisotopic (exact) mass is 297 g/mol. The van der Waals surface area contributed by atoms with Crippen LogP contribution in [-0.4, -0.2) is 4.57 Å². The van der Waals surface area contributed by atoms with Gasteiger partial charge in [0.15, 0.2) is 0 Å². The van der Waals surface area contributed by atoms with Crippen molar-refractivity contribution in [1.82, 2.24) is 4.57 Å². The quantitative estimate of drug-likeness (QED) is 0.633. The van der Waals surface area contributed by atoms with Crippen LogP contribution in [0.25, 0.3) is 16.8 Å². The Morgan fingerprint density at radius 2 is 1.28 bits per heavy atom. The molecule has 0 unspecified atom stereocenters. The molecule has 0 aliphatic carbocycles. The van der Waals surface area contributed by atoms with E-state index in [9.17, 15) is 0 Å². The van der Waals surface area contributed by atoms with Gasteiger partial charge in [-0.2, -0.15) is 0 Å². The molecule has 1 nitrogen and oxygen atoms in total. The topological polar surface area (TPSA) is 4.93 Å². The zero-order chi connectivity index (χ0) is 12.4. The van der Waals surface area contributed by atoms with Gasteiger partial charge in [-0.15, -0.1) is 0 Å². The summed E-state index contributed by atoms with van der Waals surface area (Å²) in [4.78, 5) is 0. The summed E-state index contributed by atoms with van der Waals surface area (Å²) < 4.78 is 3.25. The average Bonchev–Trinajstić information content (AvgIpc) is 2.93. The highest BCUT2D eigenvalue weighted by Gasteiger charge is 2.07. The van der Waals surface area contributed by atoms with Crippen LogP contribution in [0.5, 0.6) is 0 Å². The van der Waals surface area contributed by atoms with Crippen LogP contribution in [0.15, 0.2) is 77.5 Å². The molecule has 2 heteroatoms. The molecule has 2 aromatic carbocycles. The van der Waals surface area contributed by atoms with Gasteiger partial charge in [0.2, 0.25) is 0 Å². The molecule has 3 rings (SSSR count). The van der Waals surface area contributed by atoms with Crippen LogP contribution in [0.2, 0.25) is 0 Å². The van der Waals surface area contributed by atoms with E-state index in [0.717, 1.165) is 4.47 Å². The van der Waals surface area contributed by atoms with E-state index in [-0.39, 0.29) is 0 Å². The molecule has 0 aliphatic rings. The average molecular weight is 298 g/mol. The predicted molar refractivity (Wildman–Crippen MR) is 78.9 cm³/mol. The minimum absolute atomic E-state index is 1.12. The summed E-state index contributed by atoms with van der Waals surface area (Å²) in [6.07, 6.45) is 4.13. The van der Waals surface area contributed by atoms with E-state index in [1.54, 1.807) is 0 Å². The first kappa shape index (κ1) is 11.3. The first-order valence-electron chi connectivity index (χ1n) is 5.83. The number of hydrogen-bond acceptors (Lipinski definition) is 0. The second-order valence-corrected chi connectivity index (χ2v) is 4.94. The smallest absolute Gasteiger partial charge is 0.0528 e. The van der Waals surface area contributed by atoms with E-state index < -0.39 is 0 Å². The van der Waals surface area contributed by atoms with Crippen LogP contribution in [0.4, 0.5) is 0 Å². The molecule has 0 radical (unpaired) electrons. The van der Waals surface area contributed by atoms with Crippen molar-refractivity contribution >= 4 is 15.9 Å². The van der Waals surface area contributed by atoms with E-state index in [1.165, 1.54) is 16.8 Å². The fraction of sp³-hybridized carbons (Fsp3) is 0. The second kappa shape index (κ2) is 4.83. The summed E-state index contributed by atoms with van der Waals surface area (Å²) in [6, 6.07) is 20.8. The van der Waals surface area contributed by atoms with Gasteiger partial charge in [0.1, 0.15) is 0 Å². The van der Waals surface area contributed by atoms with Crippen molar-refractivity contribution in [3.8, 4) is 16.8 Å². The summed E-state index contributed by atoms with van der Waals surface area (Å²) in [5, 5.41) is 0. The van der Waals surface area contributed by atoms with Crippen molar-refractivity contribution in [3.05, 3.63) is 77.5 Å². The van der Waals surface area contributed by atoms with Gasteiger partial charge in [0, 0.05) is 22.4 Å². The van der Waals surface area contributed by atoms with Crippen LogP contribution in [0, 0.1) is 0 Å². The van der Waals surface area contributed by atoms with Crippen molar-refractivity contribution in [1.29, 1.82) is 0 Å². The molecule has 0 spiro atoms. The third-order valence-electron chi connectivity index (χ3n) is 2.95. The Morgan fingerprint density at radius 3 is 2.00 bits per heavy atom. The van der Waals surface area contributed by atoms with E-state index in [1.807, 2.05) is 18.2 Å². The third-order valence-corrected chi connectivity index (χ3v) is 3.64. The molecule has 18 heavy (non-hydrogen) atoms. The van der Waals surface area contributed by atoms with Crippen molar-refractivity contribution in [3.63, 3.8) is 0 Å². The maximum atomic E-state index is 3.62. The van der Waals surface area contributed by atoms with Gasteiger partial charge in [0.25, 0.3) is 0 Å². The highest BCUT2D eigenvalue weighted by Crippen LogP contribution is 2.32. The molecule has 0 saturated heterocycles. The van der Waals surface area contributed by atoms with Crippen LogP contribution < -0.4 is 0 Å². The van der Waals surface area contributed by atoms with Crippen LogP contribution >= 0.6 is 15.9 Å². The highest BCUT2D eigenvalue weighted by atomic mass is 79.9. The van der Waals surface area contributed by atoms with Crippen molar-refractivity contribution < 1.29 is 0 Å². The second-order valence-electron chi connectivity index (χ2n) is 4.09. The van der Waals surface area contributed by atoms with Crippen molar-refractivity contribution in [2.75, 3.05) is 0 Å². The lowest BCUT2D eigenvalue weighted by Gasteiger charge is -2.12. The molecular weight excluding hydrogens is 286 g/mol. The molecule has 3 aromatic rings. The van der Waals surface area contributed by atoms with Gasteiger partial charge in [-0.1, -0.05) is 52.3 Å². The summed E-state index contributed by atoms with van der Waals surface area (Å²) in [5.41, 5.74) is 3.62. The lowest BCUT2D eigenvalue weighted by Crippen LogP contribution is -1.93. The Balaban J connectivity index is 2.22. The molecular formula is C16H12BrN. The summed E-state index contributed by atoms with van der Waals surface area (Å²) >= 11 is 3.62. The lowest BCUT2D eigenvalue weighted by atomic mass is 10.0. The number of rotatable bonds is 2. The zero-order valence-corrected chi connectivity index (χ0v) is 11.3. The molecule has 1 heterocycles. The first-order chi connectivity index (χ1) is 8.86. The Morgan fingerprint density at radius 1 is 0.667 bits per heavy atom. The van der Waals surface area contributed by atoms with Gasteiger partial charge >= 0.3 is 0 Å². The molecule has 88 valence electrons. The zero-order valence-electron chi connectivity index (χ0n) is 9.75. The molecule has 0 N–H and O–H groups in total. The fourth-order valence-corrected chi connectivity index (χ4v) is 2.60. The number of para-hydroxylation sites is 1. The number of halogens is 1. The minimum atomic E-state index is 1.12. The number of aromatic nitrogens is 1. The van der Waals surface area contributed by atoms with E-state index in [4.69, 9.17) is 0 Å². The Hall–Kier alpha value is -1.80. The Labute approximate surface area is 115 Å². The predicted octanol–water partition coefficient (Wildman–Crippen LogP) is 4.91. The van der Waals surface area contributed by atoms with Gasteiger partial charge in [0.05, 0.1) is 5.69 Å². The van der Waals surface area contributed by atoms with Gasteiger partial charge < -0.3 is 4.57 Å². The largest absolute Gasteiger partial charge is 0.323 e. The molecule has 0 saturated carbocycles. The molecule has 0 amide bonds. The van der Waals surface area contributed by atoms with Gasteiger partial charge in [-0.3, -0.25) is 0 Å². The van der Waals surface area contributed by atoms with Gasteiger partial charge in [-0.05, 0) is 29.8 Å². The maximum Gasteiger partial charge on any atom is 0.0528 e. The SMILES string of the molecule is Brc1ccccc1-c1ccccc1-n1cccc1. The Kier molecular flexibility index (Phi) is 3.03. The standard InChI is InChI=1S/C16H12BrN/c17-15-9-3-1-7-13(15)14-8-2-4-10-16(14)18-11-5-6-12-18/h1-12H. The summed E-state index contributed by atoms with van der Waals surface area (Å²) in [6.45, 7) is 0. The van der Waals surface area contributed by atoms with Crippen LogP contribution in [0.3, 0.4) is 0 Å². The number of nitrogens with zero attached hydrogens (tertiary/aromatic N) is 1. The van der Waals surface area contributed by atoms with Crippen molar-refractivity contribution in [2.45, 2.75) is 0 Å². The van der Waals surface area contributed by atoms with E-state index in [0.29, 0.717) is 0 Å². The molecule has 1 aromatic heterocycles. The first-order valence-corrected chi connectivity index (χ1v) is 6.63. The molecule has 0 bridgehead atoms. The van der Waals surface area contributed by atoms with Crippen molar-refractivity contribution in [2.24, 2.45) is 0 Å². The summed E-state index contributed by atoms with van der Waals surface area (Å²) in [5.74, 6) is 0. The Bertz CT molecular complexity index is 656. The maximum absolute atomic E-state index is 3.62. The number of benzene rings is 2. The highest BCUT2D eigenvalue weighted by molar-refractivity contribution is 9.10. The molecule has 0 aliphatic heterocycles. The minimum Gasteiger partial charge on any atom is -0.323 e. The van der Waals surface area contributed by atoms with Crippen LogP contribution in [0.1, 0.15) is 0 Å². The lowest BCUT2D eigenvalue weighted by molar-refractivity contribution is 1.08. The molecule has 0 fully saturated rings.